The second-order valence-corrected chi connectivity index (χ2v) is 4.37. The van der Waals surface area contributed by atoms with Gasteiger partial charge in [-0.05, 0) is 6.08 Å². The molecule has 6 heteroatoms. The van der Waals surface area contributed by atoms with Crippen LogP contribution in [0.2, 0.25) is 0 Å². The Morgan fingerprint density at radius 2 is 2.38 bits per heavy atom. The Hall–Kier alpha value is -1.17. The van der Waals surface area contributed by atoms with Gasteiger partial charge in [-0.25, -0.2) is 4.79 Å². The van der Waals surface area contributed by atoms with Gasteiger partial charge in [0.25, 0.3) is 0 Å². The minimum absolute atomic E-state index is 0.195. The summed E-state index contributed by atoms with van der Waals surface area (Å²) in [7, 11) is -1.22. The van der Waals surface area contributed by atoms with Crippen LogP contribution in [0.1, 0.15) is 6.42 Å². The van der Waals surface area contributed by atoms with Gasteiger partial charge in [-0.1, -0.05) is 0 Å². The van der Waals surface area contributed by atoms with Crippen molar-refractivity contribution in [1.29, 1.82) is 0 Å². The van der Waals surface area contributed by atoms with E-state index < -0.39 is 28.2 Å². The van der Waals surface area contributed by atoms with Gasteiger partial charge in [0.1, 0.15) is 11.4 Å². The molecule has 0 bridgehead atoms. The highest BCUT2D eigenvalue weighted by Crippen LogP contribution is 2.29. The Balaban J connectivity index is 2.31. The highest BCUT2D eigenvalue weighted by Gasteiger charge is 2.47. The zero-order valence-corrected chi connectivity index (χ0v) is 7.36. The molecule has 2 rings (SSSR count). The number of β-lactam (4-membered cyclic amide) rings is 1. The summed E-state index contributed by atoms with van der Waals surface area (Å²) >= 11 is 0. The van der Waals surface area contributed by atoms with E-state index in [1.165, 1.54) is 16.4 Å². The maximum absolute atomic E-state index is 11.2. The van der Waals surface area contributed by atoms with Gasteiger partial charge in [0.2, 0.25) is 5.91 Å². The van der Waals surface area contributed by atoms with Crippen LogP contribution in [0, 0.1) is 0 Å². The van der Waals surface area contributed by atoms with E-state index in [0.29, 0.717) is 0 Å². The molecule has 0 radical (unpaired) electrons. The number of carbonyl (C=O) groups excluding carboxylic acids is 1. The van der Waals surface area contributed by atoms with Gasteiger partial charge in [0.05, 0.1) is 17.2 Å². The summed E-state index contributed by atoms with van der Waals surface area (Å²) in [4.78, 5) is 22.8. The summed E-state index contributed by atoms with van der Waals surface area (Å²) in [5, 5.41) is 9.66. The molecule has 2 aliphatic rings. The molecule has 70 valence electrons. The minimum atomic E-state index is -1.22. The van der Waals surface area contributed by atoms with Crippen LogP contribution in [0.3, 0.4) is 0 Å². The predicted octanol–water partition coefficient (Wildman–Crippen LogP) is -0.726. The van der Waals surface area contributed by atoms with E-state index in [-0.39, 0.29) is 12.3 Å². The lowest BCUT2D eigenvalue weighted by Gasteiger charge is -2.43. The van der Waals surface area contributed by atoms with E-state index in [0.717, 1.165) is 0 Å². The molecule has 0 aromatic carbocycles. The molecule has 13 heavy (non-hydrogen) atoms. The molecule has 0 aliphatic carbocycles. The minimum Gasteiger partial charge on any atom is -0.479 e. The molecular weight excluding hydrogens is 194 g/mol. The van der Waals surface area contributed by atoms with Crippen LogP contribution in [0.5, 0.6) is 0 Å². The SMILES string of the molecule is O=C(O)C1C=CS(=O)C2CC(=O)N12. The van der Waals surface area contributed by atoms with Gasteiger partial charge >= 0.3 is 5.97 Å². The number of amides is 1. The van der Waals surface area contributed by atoms with Crippen molar-refractivity contribution in [3.05, 3.63) is 11.5 Å². The number of carbonyl (C=O) groups is 2. The Bertz CT molecular complexity index is 337. The normalized spacial score (nSPS) is 36.8. The Labute approximate surface area is 76.5 Å². The lowest BCUT2D eigenvalue weighted by atomic mass is 10.1. The van der Waals surface area contributed by atoms with Crippen molar-refractivity contribution < 1.29 is 18.9 Å². The second kappa shape index (κ2) is 2.66. The van der Waals surface area contributed by atoms with Gasteiger partial charge in [0.15, 0.2) is 0 Å². The van der Waals surface area contributed by atoms with Crippen molar-refractivity contribution in [3.8, 4) is 0 Å². The maximum atomic E-state index is 11.2. The first kappa shape index (κ1) is 8.43. The molecule has 0 saturated carbocycles. The average Bonchev–Trinajstić information content (AvgIpc) is 2.05. The Morgan fingerprint density at radius 3 is 2.92 bits per heavy atom. The highest BCUT2D eigenvalue weighted by atomic mass is 32.2. The quantitative estimate of drug-likeness (QED) is 0.568. The third kappa shape index (κ3) is 1.09. The van der Waals surface area contributed by atoms with Crippen LogP contribution >= 0.6 is 0 Å². The molecule has 1 amide bonds. The summed E-state index contributed by atoms with van der Waals surface area (Å²) < 4.78 is 11.2. The summed E-state index contributed by atoms with van der Waals surface area (Å²) in [5.74, 6) is -1.32. The van der Waals surface area contributed by atoms with Gasteiger partial charge in [0, 0.05) is 5.41 Å². The lowest BCUT2D eigenvalue weighted by Crippen LogP contribution is -2.62. The molecule has 3 unspecified atom stereocenters. The summed E-state index contributed by atoms with van der Waals surface area (Å²) in [5.41, 5.74) is 0. The highest BCUT2D eigenvalue weighted by molar-refractivity contribution is 7.88. The molecule has 1 fully saturated rings. The molecule has 1 N–H and O–H groups in total. The zero-order valence-electron chi connectivity index (χ0n) is 6.54. The summed E-state index contributed by atoms with van der Waals surface area (Å²) in [6.07, 6.45) is 1.49. The van der Waals surface area contributed by atoms with Crippen LogP contribution in [0.4, 0.5) is 0 Å². The van der Waals surface area contributed by atoms with Crippen LogP contribution in [-0.4, -0.2) is 37.5 Å². The van der Waals surface area contributed by atoms with E-state index in [1.807, 2.05) is 0 Å². The molecule has 0 aromatic heterocycles. The first-order valence-corrected chi connectivity index (χ1v) is 5.00. The van der Waals surface area contributed by atoms with Crippen LogP contribution in [0.25, 0.3) is 0 Å². The number of aliphatic carboxylic acids is 1. The van der Waals surface area contributed by atoms with Crippen LogP contribution in [0.15, 0.2) is 11.5 Å². The summed E-state index contributed by atoms with van der Waals surface area (Å²) in [6, 6.07) is -0.927. The molecular formula is C7H7NO4S. The first-order chi connectivity index (χ1) is 6.11. The molecule has 3 atom stereocenters. The fourth-order valence-electron chi connectivity index (χ4n) is 1.47. The third-order valence-corrected chi connectivity index (χ3v) is 3.52. The number of carboxylic acid groups (broad SMARTS) is 1. The molecule has 5 nitrogen and oxygen atoms in total. The summed E-state index contributed by atoms with van der Waals surface area (Å²) in [6.45, 7) is 0. The van der Waals surface area contributed by atoms with Crippen molar-refractivity contribution in [2.45, 2.75) is 17.8 Å². The fourth-order valence-corrected chi connectivity index (χ4v) is 2.73. The molecule has 0 spiro atoms. The van der Waals surface area contributed by atoms with Gasteiger partial charge in [-0.2, -0.15) is 0 Å². The van der Waals surface area contributed by atoms with Crippen molar-refractivity contribution in [2.24, 2.45) is 0 Å². The van der Waals surface area contributed by atoms with Crippen LogP contribution in [-0.2, 0) is 20.4 Å². The lowest BCUT2D eigenvalue weighted by molar-refractivity contribution is -0.155. The van der Waals surface area contributed by atoms with Gasteiger partial charge in [-0.3, -0.25) is 9.00 Å². The van der Waals surface area contributed by atoms with Gasteiger partial charge in [-0.15, -0.1) is 0 Å². The maximum Gasteiger partial charge on any atom is 0.330 e. The molecule has 2 aliphatic heterocycles. The van der Waals surface area contributed by atoms with E-state index in [1.54, 1.807) is 0 Å². The van der Waals surface area contributed by atoms with Crippen molar-refractivity contribution in [1.82, 2.24) is 4.90 Å². The second-order valence-electron chi connectivity index (χ2n) is 2.90. The monoisotopic (exact) mass is 201 g/mol. The van der Waals surface area contributed by atoms with Crippen molar-refractivity contribution >= 4 is 22.7 Å². The standard InChI is InChI=1S/C7H7NO4S/c9-5-3-6-8(5)4(7(10)11)1-2-13(6)12/h1-2,4,6H,3H2,(H,10,11). The fraction of sp³-hybridized carbons (Fsp3) is 0.429. The van der Waals surface area contributed by atoms with E-state index >= 15 is 0 Å². The van der Waals surface area contributed by atoms with E-state index in [9.17, 15) is 13.8 Å². The third-order valence-electron chi connectivity index (χ3n) is 2.16. The number of nitrogens with zero attached hydrogens (tertiary/aromatic N) is 1. The molecule has 1 saturated heterocycles. The van der Waals surface area contributed by atoms with Crippen molar-refractivity contribution in [2.75, 3.05) is 0 Å². The first-order valence-electron chi connectivity index (χ1n) is 3.73. The number of carboxylic acids is 1. The Kier molecular flexibility index (Phi) is 1.73. The largest absolute Gasteiger partial charge is 0.479 e. The predicted molar refractivity (Wildman–Crippen MR) is 44.0 cm³/mol. The number of rotatable bonds is 1. The number of fused-ring (bicyclic) bond motifs is 1. The van der Waals surface area contributed by atoms with E-state index in [4.69, 9.17) is 5.11 Å². The molecule has 0 aromatic rings. The Morgan fingerprint density at radius 1 is 1.69 bits per heavy atom. The average molecular weight is 201 g/mol. The molecule has 2 heterocycles. The van der Waals surface area contributed by atoms with Gasteiger partial charge < -0.3 is 10.0 Å². The van der Waals surface area contributed by atoms with E-state index in [2.05, 4.69) is 0 Å². The van der Waals surface area contributed by atoms with Crippen molar-refractivity contribution in [3.63, 3.8) is 0 Å². The topological polar surface area (TPSA) is 74.7 Å². The number of hydrogen-bond acceptors (Lipinski definition) is 3. The number of hydrogen-bond donors (Lipinski definition) is 1. The van der Waals surface area contributed by atoms with Crippen LogP contribution < -0.4 is 0 Å². The zero-order chi connectivity index (χ0) is 9.59. The smallest absolute Gasteiger partial charge is 0.330 e.